The molecule has 4 saturated heterocycles. The maximum atomic E-state index is 13.0. The van der Waals surface area contributed by atoms with Gasteiger partial charge in [-0.3, -0.25) is 19.3 Å². The molecule has 4 aliphatic heterocycles. The molecule has 7 heteroatoms. The van der Waals surface area contributed by atoms with Crippen LogP contribution in [0.5, 0.6) is 0 Å². The van der Waals surface area contributed by atoms with Gasteiger partial charge >= 0.3 is 0 Å². The Bertz CT molecular complexity index is 628. The maximum Gasteiger partial charge on any atom is 0.245 e. The number of amides is 3. The minimum absolute atomic E-state index is 0.0921. The maximum absolute atomic E-state index is 13.0. The molecule has 27 heavy (non-hydrogen) atoms. The third-order valence-corrected chi connectivity index (χ3v) is 7.26. The van der Waals surface area contributed by atoms with Crippen molar-refractivity contribution in [3.63, 3.8) is 0 Å². The van der Waals surface area contributed by atoms with Crippen LogP contribution >= 0.6 is 0 Å². The third kappa shape index (κ3) is 2.90. The number of nitrogens with zero attached hydrogens (tertiary/aromatic N) is 2. The van der Waals surface area contributed by atoms with E-state index in [4.69, 9.17) is 4.74 Å². The highest BCUT2D eigenvalue weighted by atomic mass is 16.5. The number of imide groups is 1. The van der Waals surface area contributed by atoms with Crippen LogP contribution in [0.4, 0.5) is 0 Å². The average Bonchev–Trinajstić information content (AvgIpc) is 3.18. The molecule has 1 saturated carbocycles. The Labute approximate surface area is 159 Å². The largest absolute Gasteiger partial charge is 0.373 e. The van der Waals surface area contributed by atoms with Gasteiger partial charge in [0.05, 0.1) is 24.0 Å². The second-order valence-electron chi connectivity index (χ2n) is 9.02. The fourth-order valence-electron chi connectivity index (χ4n) is 5.45. The molecule has 5 atom stereocenters. The number of piperidine rings is 1. The molecule has 1 N–H and O–H groups in total. The predicted octanol–water partition coefficient (Wildman–Crippen LogP) is 0.528. The Hall–Kier alpha value is -1.47. The van der Waals surface area contributed by atoms with Crippen LogP contribution in [0.1, 0.15) is 45.4 Å². The van der Waals surface area contributed by atoms with Crippen molar-refractivity contribution in [2.45, 2.75) is 69.7 Å². The van der Waals surface area contributed by atoms with Crippen molar-refractivity contribution in [3.05, 3.63) is 0 Å². The van der Waals surface area contributed by atoms with Crippen LogP contribution in [0.3, 0.4) is 0 Å². The minimum Gasteiger partial charge on any atom is -0.373 e. The molecular weight excluding hydrogens is 346 g/mol. The number of carbonyl (C=O) groups excluding carboxylic acids is 3. The van der Waals surface area contributed by atoms with E-state index in [-0.39, 0.29) is 41.8 Å². The van der Waals surface area contributed by atoms with Gasteiger partial charge in [0.1, 0.15) is 6.04 Å². The van der Waals surface area contributed by atoms with Gasteiger partial charge in [0.25, 0.3) is 0 Å². The lowest BCUT2D eigenvalue weighted by atomic mass is 9.81. The molecule has 3 amide bonds. The van der Waals surface area contributed by atoms with Gasteiger partial charge in [-0.05, 0) is 57.9 Å². The molecule has 5 unspecified atom stereocenters. The number of hydrogen-bond acceptors (Lipinski definition) is 5. The van der Waals surface area contributed by atoms with Gasteiger partial charge in [-0.25, -0.2) is 0 Å². The zero-order valence-electron chi connectivity index (χ0n) is 15.9. The Morgan fingerprint density at radius 1 is 1.04 bits per heavy atom. The number of rotatable bonds is 5. The molecule has 0 aromatic heterocycles. The SMILES string of the molecule is CC(C(=O)N1CCC(NCC2CC2)CC1)N1C(=O)C2C3CCC(O3)C2C1=O. The van der Waals surface area contributed by atoms with Gasteiger partial charge in [-0.15, -0.1) is 0 Å². The second-order valence-corrected chi connectivity index (χ2v) is 9.02. The van der Waals surface area contributed by atoms with Gasteiger partial charge in [-0.2, -0.15) is 0 Å². The standard InChI is InChI=1S/C20H29N3O4/c1-11(18(24)22-8-6-13(7-9-22)21-10-12-2-3-12)23-19(25)16-14-4-5-15(27-14)17(16)20(23)26/h11-17,21H,2-10H2,1H3. The summed E-state index contributed by atoms with van der Waals surface area (Å²) in [6.45, 7) is 4.20. The van der Waals surface area contributed by atoms with E-state index >= 15 is 0 Å². The van der Waals surface area contributed by atoms with E-state index in [1.165, 1.54) is 17.7 Å². The first-order chi connectivity index (χ1) is 13.0. The highest BCUT2D eigenvalue weighted by Gasteiger charge is 2.63. The fourth-order valence-corrected chi connectivity index (χ4v) is 5.45. The monoisotopic (exact) mass is 375 g/mol. The molecule has 1 aliphatic carbocycles. The quantitative estimate of drug-likeness (QED) is 0.709. The summed E-state index contributed by atoms with van der Waals surface area (Å²) in [6.07, 6.45) is 6.01. The lowest BCUT2D eigenvalue weighted by Crippen LogP contribution is -2.53. The molecule has 4 heterocycles. The lowest BCUT2D eigenvalue weighted by Gasteiger charge is -2.35. The van der Waals surface area contributed by atoms with Crippen molar-refractivity contribution in [3.8, 4) is 0 Å². The number of fused-ring (bicyclic) bond motifs is 5. The van der Waals surface area contributed by atoms with Gasteiger partial charge in [0.2, 0.25) is 17.7 Å². The van der Waals surface area contributed by atoms with Crippen molar-refractivity contribution < 1.29 is 19.1 Å². The van der Waals surface area contributed by atoms with E-state index in [0.717, 1.165) is 38.1 Å². The topological polar surface area (TPSA) is 79.0 Å². The molecule has 5 rings (SSSR count). The Morgan fingerprint density at radius 3 is 2.19 bits per heavy atom. The van der Waals surface area contributed by atoms with Gasteiger partial charge in [0.15, 0.2) is 0 Å². The van der Waals surface area contributed by atoms with Crippen LogP contribution in [-0.4, -0.2) is 71.4 Å². The van der Waals surface area contributed by atoms with Crippen molar-refractivity contribution in [2.75, 3.05) is 19.6 Å². The number of hydrogen-bond donors (Lipinski definition) is 1. The van der Waals surface area contributed by atoms with Crippen molar-refractivity contribution in [1.82, 2.24) is 15.1 Å². The lowest BCUT2D eigenvalue weighted by molar-refractivity contribution is -0.153. The van der Waals surface area contributed by atoms with E-state index in [9.17, 15) is 14.4 Å². The Morgan fingerprint density at radius 2 is 1.63 bits per heavy atom. The molecule has 0 spiro atoms. The van der Waals surface area contributed by atoms with Crippen LogP contribution < -0.4 is 5.32 Å². The highest BCUT2D eigenvalue weighted by Crippen LogP contribution is 2.49. The van der Waals surface area contributed by atoms with Crippen molar-refractivity contribution in [2.24, 2.45) is 17.8 Å². The van der Waals surface area contributed by atoms with E-state index in [0.29, 0.717) is 19.1 Å². The highest BCUT2D eigenvalue weighted by molar-refractivity contribution is 6.09. The molecule has 2 bridgehead atoms. The summed E-state index contributed by atoms with van der Waals surface area (Å²) in [6, 6.07) is -0.224. The molecule has 5 fully saturated rings. The minimum atomic E-state index is -0.703. The van der Waals surface area contributed by atoms with Crippen molar-refractivity contribution >= 4 is 17.7 Å². The number of ether oxygens (including phenoxy) is 1. The summed E-state index contributed by atoms with van der Waals surface area (Å²) in [7, 11) is 0. The van der Waals surface area contributed by atoms with Crippen LogP contribution in [0, 0.1) is 17.8 Å². The number of carbonyl (C=O) groups is 3. The van der Waals surface area contributed by atoms with E-state index in [1.54, 1.807) is 6.92 Å². The zero-order chi connectivity index (χ0) is 18.7. The van der Waals surface area contributed by atoms with Crippen LogP contribution in [0.2, 0.25) is 0 Å². The van der Waals surface area contributed by atoms with Gasteiger partial charge < -0.3 is 15.0 Å². The number of nitrogens with one attached hydrogen (secondary N) is 1. The van der Waals surface area contributed by atoms with E-state index < -0.39 is 6.04 Å². The first-order valence-electron chi connectivity index (χ1n) is 10.6. The first kappa shape index (κ1) is 17.6. The molecule has 0 radical (unpaired) electrons. The second kappa shape index (κ2) is 6.55. The summed E-state index contributed by atoms with van der Waals surface area (Å²) in [5.41, 5.74) is 0. The summed E-state index contributed by atoms with van der Waals surface area (Å²) < 4.78 is 5.77. The van der Waals surface area contributed by atoms with Crippen LogP contribution in [0.25, 0.3) is 0 Å². The molecule has 0 aromatic carbocycles. The first-order valence-corrected chi connectivity index (χ1v) is 10.6. The Kier molecular flexibility index (Phi) is 4.27. The normalized spacial score (nSPS) is 37.2. The molecule has 0 aromatic rings. The predicted molar refractivity (Wildman–Crippen MR) is 96.5 cm³/mol. The fraction of sp³-hybridized carbons (Fsp3) is 0.850. The van der Waals surface area contributed by atoms with Crippen LogP contribution in [0.15, 0.2) is 0 Å². The van der Waals surface area contributed by atoms with Crippen molar-refractivity contribution in [1.29, 1.82) is 0 Å². The van der Waals surface area contributed by atoms with E-state index in [1.807, 2.05) is 4.90 Å². The zero-order valence-corrected chi connectivity index (χ0v) is 15.9. The summed E-state index contributed by atoms with van der Waals surface area (Å²) in [5, 5.41) is 3.61. The summed E-state index contributed by atoms with van der Waals surface area (Å²) >= 11 is 0. The summed E-state index contributed by atoms with van der Waals surface area (Å²) in [5.74, 6) is -0.341. The molecule has 5 aliphatic rings. The molecule has 7 nitrogen and oxygen atoms in total. The average molecular weight is 375 g/mol. The molecular formula is C20H29N3O4. The summed E-state index contributed by atoms with van der Waals surface area (Å²) in [4.78, 5) is 41.8. The van der Waals surface area contributed by atoms with Gasteiger partial charge in [-0.1, -0.05) is 0 Å². The number of likely N-dealkylation sites (tertiary alicyclic amines) is 2. The third-order valence-electron chi connectivity index (χ3n) is 7.26. The van der Waals surface area contributed by atoms with Crippen LogP contribution in [-0.2, 0) is 19.1 Å². The smallest absolute Gasteiger partial charge is 0.245 e. The molecule has 148 valence electrons. The van der Waals surface area contributed by atoms with E-state index in [2.05, 4.69) is 5.32 Å². The van der Waals surface area contributed by atoms with Gasteiger partial charge in [0, 0.05) is 19.1 Å². The Balaban J connectivity index is 1.19.